The molecule has 0 unspecified atom stereocenters. The topological polar surface area (TPSA) is 77.6 Å². The number of nitrogens with one attached hydrogen (secondary N) is 1. The number of carbonyl (C=O) groups excluding carboxylic acids is 1. The third-order valence-electron chi connectivity index (χ3n) is 4.84. The van der Waals surface area contributed by atoms with Crippen LogP contribution < -0.4 is 5.32 Å². The highest BCUT2D eigenvalue weighted by Crippen LogP contribution is 2.20. The third-order valence-corrected chi connectivity index (χ3v) is 4.84. The van der Waals surface area contributed by atoms with Crippen LogP contribution in [-0.2, 0) is 17.9 Å². The molecule has 7 nitrogen and oxygen atoms in total. The monoisotopic (exact) mass is 382 g/mol. The fraction of sp³-hybridized carbons (Fsp3) is 0.0909. The molecule has 0 aliphatic carbocycles. The van der Waals surface area contributed by atoms with E-state index in [1.165, 1.54) is 16.3 Å². The number of para-hydroxylation sites is 1. The van der Waals surface area contributed by atoms with Crippen LogP contribution in [0.15, 0.2) is 79.1 Å². The Morgan fingerprint density at radius 2 is 1.79 bits per heavy atom. The van der Waals surface area contributed by atoms with Crippen molar-refractivity contribution in [2.75, 3.05) is 5.32 Å². The van der Waals surface area contributed by atoms with Gasteiger partial charge in [-0.3, -0.25) is 9.48 Å². The zero-order chi connectivity index (χ0) is 19.6. The number of hydrogen-bond acceptors (Lipinski definition) is 4. The van der Waals surface area contributed by atoms with E-state index in [-0.39, 0.29) is 12.5 Å². The zero-order valence-electron chi connectivity index (χ0n) is 15.6. The summed E-state index contributed by atoms with van der Waals surface area (Å²) in [5.74, 6) is -0.176. The second-order valence-corrected chi connectivity index (χ2v) is 6.85. The lowest BCUT2D eigenvalue weighted by Crippen LogP contribution is -2.19. The maximum atomic E-state index is 12.4. The van der Waals surface area contributed by atoms with Crippen molar-refractivity contribution in [1.82, 2.24) is 24.8 Å². The van der Waals surface area contributed by atoms with Crippen LogP contribution >= 0.6 is 0 Å². The molecular formula is C22H18N6O. The summed E-state index contributed by atoms with van der Waals surface area (Å²) in [6.07, 6.45) is 3.49. The molecule has 5 rings (SSSR count). The van der Waals surface area contributed by atoms with E-state index < -0.39 is 0 Å². The molecule has 0 aliphatic heterocycles. The van der Waals surface area contributed by atoms with Gasteiger partial charge in [-0.25, -0.2) is 4.68 Å². The lowest BCUT2D eigenvalue weighted by Gasteiger charge is -2.07. The van der Waals surface area contributed by atoms with E-state index in [0.29, 0.717) is 12.2 Å². The van der Waals surface area contributed by atoms with Crippen LogP contribution in [-0.4, -0.2) is 30.7 Å². The Hall–Kier alpha value is -4.00. The van der Waals surface area contributed by atoms with Gasteiger partial charge in [0.15, 0.2) is 0 Å². The summed E-state index contributed by atoms with van der Waals surface area (Å²) >= 11 is 0. The number of amides is 1. The Labute approximate surface area is 166 Å². The molecule has 7 heteroatoms. The first-order valence-corrected chi connectivity index (χ1v) is 9.33. The third kappa shape index (κ3) is 3.45. The van der Waals surface area contributed by atoms with Crippen LogP contribution in [0.5, 0.6) is 0 Å². The number of anilines is 1. The van der Waals surface area contributed by atoms with Gasteiger partial charge in [0, 0.05) is 6.20 Å². The smallest absolute Gasteiger partial charge is 0.246 e. The number of nitrogens with zero attached hydrogens (tertiary/aromatic N) is 5. The van der Waals surface area contributed by atoms with Crippen molar-refractivity contribution in [3.63, 3.8) is 0 Å². The molecule has 1 N–H and O–H groups in total. The molecule has 0 fully saturated rings. The van der Waals surface area contributed by atoms with Crippen LogP contribution in [0.3, 0.4) is 0 Å². The van der Waals surface area contributed by atoms with Crippen molar-refractivity contribution in [1.29, 1.82) is 0 Å². The molecule has 0 atom stereocenters. The largest absolute Gasteiger partial charge is 0.322 e. The highest BCUT2D eigenvalue weighted by molar-refractivity contribution is 5.91. The average Bonchev–Trinajstić information content (AvgIpc) is 3.35. The van der Waals surface area contributed by atoms with Gasteiger partial charge in [-0.1, -0.05) is 59.8 Å². The molecule has 29 heavy (non-hydrogen) atoms. The number of benzene rings is 3. The first-order valence-electron chi connectivity index (χ1n) is 9.33. The van der Waals surface area contributed by atoms with Gasteiger partial charge >= 0.3 is 0 Å². The average molecular weight is 382 g/mol. The molecule has 0 spiro atoms. The fourth-order valence-corrected chi connectivity index (χ4v) is 3.49. The number of aromatic nitrogens is 5. The molecule has 2 aromatic heterocycles. The summed E-state index contributed by atoms with van der Waals surface area (Å²) in [6.45, 7) is 0.722. The molecule has 0 saturated heterocycles. The Bertz CT molecular complexity index is 1310. The molecule has 1 amide bonds. The summed E-state index contributed by atoms with van der Waals surface area (Å²) in [5, 5.41) is 17.8. The Kier molecular flexibility index (Phi) is 4.25. The van der Waals surface area contributed by atoms with Gasteiger partial charge in [0.2, 0.25) is 5.91 Å². The normalized spacial score (nSPS) is 11.2. The minimum atomic E-state index is -0.176. The molecule has 5 aromatic rings. The maximum absolute atomic E-state index is 12.4. The summed E-state index contributed by atoms with van der Waals surface area (Å²) in [5.41, 5.74) is 3.43. The van der Waals surface area contributed by atoms with E-state index in [2.05, 4.69) is 45.0 Å². The first kappa shape index (κ1) is 17.1. The van der Waals surface area contributed by atoms with Gasteiger partial charge in [-0.2, -0.15) is 5.10 Å². The fourth-order valence-electron chi connectivity index (χ4n) is 3.49. The highest BCUT2D eigenvalue weighted by Gasteiger charge is 2.10. The molecule has 3 aromatic carbocycles. The Balaban J connectivity index is 1.29. The molecule has 142 valence electrons. The molecule has 2 heterocycles. The number of hydrogen-bond donors (Lipinski definition) is 1. The minimum absolute atomic E-state index is 0.0923. The molecule has 0 aliphatic rings. The number of fused-ring (bicyclic) bond motifs is 2. The Morgan fingerprint density at radius 3 is 2.76 bits per heavy atom. The first-order chi connectivity index (χ1) is 14.3. The van der Waals surface area contributed by atoms with Crippen LogP contribution in [0.2, 0.25) is 0 Å². The van der Waals surface area contributed by atoms with Crippen LogP contribution in [0, 0.1) is 0 Å². The molecule has 0 bridgehead atoms. The van der Waals surface area contributed by atoms with Crippen LogP contribution in [0.25, 0.3) is 21.8 Å². The van der Waals surface area contributed by atoms with E-state index in [4.69, 9.17) is 0 Å². The summed E-state index contributed by atoms with van der Waals surface area (Å²) < 4.78 is 3.41. The van der Waals surface area contributed by atoms with Gasteiger partial charge in [0.1, 0.15) is 12.1 Å². The van der Waals surface area contributed by atoms with E-state index in [9.17, 15) is 4.79 Å². The molecule has 0 saturated carbocycles. The second kappa shape index (κ2) is 7.20. The van der Waals surface area contributed by atoms with Crippen molar-refractivity contribution >= 4 is 33.4 Å². The Morgan fingerprint density at radius 1 is 0.966 bits per heavy atom. The standard InChI is InChI=1S/C22H18N6O/c29-22(15-28-21-11-4-3-10-20(21)25-26-28)24-18-12-23-27(14-18)13-17-8-5-7-16-6-1-2-9-19(16)17/h1-12,14H,13,15H2,(H,24,29). The lowest BCUT2D eigenvalue weighted by molar-refractivity contribution is -0.116. The van der Waals surface area contributed by atoms with Crippen LogP contribution in [0.1, 0.15) is 5.56 Å². The SMILES string of the molecule is O=C(Cn1nnc2ccccc21)Nc1cnn(Cc2cccc3ccccc23)c1. The second-order valence-electron chi connectivity index (χ2n) is 6.85. The van der Waals surface area contributed by atoms with Crippen molar-refractivity contribution in [2.24, 2.45) is 0 Å². The van der Waals surface area contributed by atoms with E-state index in [1.54, 1.807) is 10.9 Å². The van der Waals surface area contributed by atoms with Crippen molar-refractivity contribution in [2.45, 2.75) is 13.1 Å². The number of rotatable bonds is 5. The van der Waals surface area contributed by atoms with Gasteiger partial charge in [-0.15, -0.1) is 5.10 Å². The van der Waals surface area contributed by atoms with E-state index in [0.717, 1.165) is 11.0 Å². The highest BCUT2D eigenvalue weighted by atomic mass is 16.2. The number of carbonyl (C=O) groups is 1. The lowest BCUT2D eigenvalue weighted by atomic mass is 10.0. The molecular weight excluding hydrogens is 364 g/mol. The summed E-state index contributed by atoms with van der Waals surface area (Å²) in [6, 6.07) is 22.1. The van der Waals surface area contributed by atoms with E-state index in [1.807, 2.05) is 53.3 Å². The van der Waals surface area contributed by atoms with Crippen molar-refractivity contribution < 1.29 is 4.79 Å². The summed E-state index contributed by atoms with van der Waals surface area (Å²) in [4.78, 5) is 12.4. The van der Waals surface area contributed by atoms with Gasteiger partial charge in [0.05, 0.1) is 23.9 Å². The van der Waals surface area contributed by atoms with Crippen molar-refractivity contribution in [3.05, 3.63) is 84.7 Å². The van der Waals surface area contributed by atoms with E-state index >= 15 is 0 Å². The predicted molar refractivity (Wildman–Crippen MR) is 111 cm³/mol. The van der Waals surface area contributed by atoms with Crippen LogP contribution in [0.4, 0.5) is 5.69 Å². The predicted octanol–water partition coefficient (Wildman–Crippen LogP) is 3.47. The minimum Gasteiger partial charge on any atom is -0.322 e. The van der Waals surface area contributed by atoms with Gasteiger partial charge in [0.25, 0.3) is 0 Å². The maximum Gasteiger partial charge on any atom is 0.246 e. The zero-order valence-corrected chi connectivity index (χ0v) is 15.6. The summed E-state index contributed by atoms with van der Waals surface area (Å²) in [7, 11) is 0. The van der Waals surface area contributed by atoms with Gasteiger partial charge in [-0.05, 0) is 28.5 Å². The quantitative estimate of drug-likeness (QED) is 0.505. The van der Waals surface area contributed by atoms with Crippen molar-refractivity contribution in [3.8, 4) is 0 Å². The molecule has 0 radical (unpaired) electrons. The van der Waals surface area contributed by atoms with Gasteiger partial charge < -0.3 is 5.32 Å².